The molecule has 0 radical (unpaired) electrons. The number of hydrogen-bond donors (Lipinski definition) is 2. The van der Waals surface area contributed by atoms with Crippen LogP contribution < -0.4 is 0 Å². The number of carbonyl (C=O) groups excluding carboxylic acids is 2. The van der Waals surface area contributed by atoms with Crippen LogP contribution in [0.1, 0.15) is 77.4 Å². The Morgan fingerprint density at radius 3 is 2.56 bits per heavy atom. The normalized spacial score (nSPS) is 34.7. The Hall–Kier alpha value is -1.26. The number of carbonyl (C=O) groups is 2. The van der Waals surface area contributed by atoms with Crippen molar-refractivity contribution in [2.24, 2.45) is 17.3 Å². The fraction of sp³-hybridized carbons (Fsp3) is 0.741. The molecule has 2 saturated heterocycles. The highest BCUT2D eigenvalue weighted by Gasteiger charge is 2.44. The molecule has 1 aromatic rings. The molecule has 9 heteroatoms. The minimum Gasteiger partial charge on any atom is -0.458 e. The van der Waals surface area contributed by atoms with Gasteiger partial charge in [0.1, 0.15) is 11.9 Å². The lowest BCUT2D eigenvalue weighted by molar-refractivity contribution is -0.154. The number of hydrogen-bond acceptors (Lipinski definition) is 9. The van der Waals surface area contributed by atoms with Gasteiger partial charge < -0.3 is 19.7 Å². The number of rotatable bonds is 3. The molecule has 3 rings (SSSR count). The number of thioether (sulfide) groups is 1. The van der Waals surface area contributed by atoms with Crippen molar-refractivity contribution in [3.8, 4) is 0 Å². The van der Waals surface area contributed by atoms with Crippen molar-refractivity contribution in [2.75, 3.05) is 6.26 Å². The van der Waals surface area contributed by atoms with E-state index in [1.165, 1.54) is 0 Å². The van der Waals surface area contributed by atoms with Gasteiger partial charge in [0.15, 0.2) is 0 Å². The first kappa shape index (κ1) is 29.3. The van der Waals surface area contributed by atoms with Gasteiger partial charge in [-0.25, -0.2) is 4.98 Å². The molecule has 0 spiro atoms. The molecule has 36 heavy (non-hydrogen) atoms. The molecule has 1 aromatic heterocycles. The summed E-state index contributed by atoms with van der Waals surface area (Å²) < 4.78 is 12.9. The molecular weight excluding hydrogens is 498 g/mol. The Bertz CT molecular complexity index is 973. The number of epoxide rings is 1. The zero-order chi connectivity index (χ0) is 26.8. The number of cyclic esters (lactones) is 1. The summed E-state index contributed by atoms with van der Waals surface area (Å²) in [6, 6.07) is 0. The van der Waals surface area contributed by atoms with Gasteiger partial charge in [-0.15, -0.1) is 23.1 Å². The zero-order valence-corrected chi connectivity index (χ0v) is 24.1. The average Bonchev–Trinajstić information content (AvgIpc) is 3.46. The lowest BCUT2D eigenvalue weighted by Crippen LogP contribution is -2.45. The van der Waals surface area contributed by atoms with Crippen LogP contribution in [0.4, 0.5) is 0 Å². The number of aliphatic hydroxyl groups excluding tert-OH is 2. The van der Waals surface area contributed by atoms with Crippen LogP contribution in [0.2, 0.25) is 0 Å². The van der Waals surface area contributed by atoms with Gasteiger partial charge in [0, 0.05) is 12.3 Å². The minimum absolute atomic E-state index is 0.00154. The Kier molecular flexibility index (Phi) is 9.82. The average molecular weight is 540 g/mol. The minimum atomic E-state index is -1.23. The lowest BCUT2D eigenvalue weighted by atomic mass is 9.73. The maximum Gasteiger partial charge on any atom is 0.309 e. The second kappa shape index (κ2) is 12.1. The van der Waals surface area contributed by atoms with Crippen LogP contribution in [-0.4, -0.2) is 63.7 Å². The summed E-state index contributed by atoms with van der Waals surface area (Å²) >= 11 is 3.27. The van der Waals surface area contributed by atoms with Crippen LogP contribution in [0.5, 0.6) is 0 Å². The number of Topliss-reactive ketones (excluding diaryl/α,β-unsaturated/α-hetero) is 1. The summed E-state index contributed by atoms with van der Waals surface area (Å²) in [5.74, 6) is -1.52. The number of fused-ring (bicyclic) bond motifs is 1. The first-order valence-electron chi connectivity index (χ1n) is 12.8. The van der Waals surface area contributed by atoms with E-state index >= 15 is 0 Å². The van der Waals surface area contributed by atoms with Crippen LogP contribution in [0.3, 0.4) is 0 Å². The number of aromatic nitrogens is 1. The van der Waals surface area contributed by atoms with Crippen LogP contribution in [0.15, 0.2) is 9.78 Å². The predicted molar refractivity (Wildman–Crippen MR) is 143 cm³/mol. The van der Waals surface area contributed by atoms with Gasteiger partial charge in [-0.05, 0) is 50.5 Å². The summed E-state index contributed by atoms with van der Waals surface area (Å²) in [4.78, 5) is 30.8. The van der Waals surface area contributed by atoms with Gasteiger partial charge in [-0.3, -0.25) is 9.59 Å². The molecule has 2 fully saturated rings. The molecule has 0 bridgehead atoms. The Labute approximate surface area is 223 Å². The Morgan fingerprint density at radius 2 is 1.89 bits per heavy atom. The summed E-state index contributed by atoms with van der Waals surface area (Å²) in [6.07, 6.45) is 4.28. The Balaban J connectivity index is 1.85. The summed E-state index contributed by atoms with van der Waals surface area (Å²) in [5.41, 5.74) is 0.536. The monoisotopic (exact) mass is 539 g/mol. The summed E-state index contributed by atoms with van der Waals surface area (Å²) in [5, 5.41) is 22.7. The van der Waals surface area contributed by atoms with Crippen molar-refractivity contribution < 1.29 is 29.3 Å². The standard InChI is InChI=1S/C27H41NO6S2/c1-14-9-8-10-19-21(33-19)12-20(15(2)11-18-26(35-7)36-17(4)28-18)34-23(30)13-22(29)27(5,6)25(32)16(3)24(14)31/h11,14,16,19-22,24,29,31H,8-10,12-13H2,1-7H3/b15-11+/t14-,16+,19+,20?,21-,22-,24-/m0/s1. The molecule has 7 atom stereocenters. The third-order valence-electron chi connectivity index (χ3n) is 7.68. The predicted octanol–water partition coefficient (Wildman–Crippen LogP) is 4.81. The largest absolute Gasteiger partial charge is 0.458 e. The lowest BCUT2D eigenvalue weighted by Gasteiger charge is -2.34. The molecule has 7 nitrogen and oxygen atoms in total. The van der Waals surface area contributed by atoms with Crippen LogP contribution >= 0.6 is 23.1 Å². The SMILES string of the molecule is CSc1sc(C)nc1/C=C(\C)C1C[C@@H]2O[C@@H]2CCC[C@H](C)[C@H](O)[C@@H](C)C(=O)C(C)(C)[C@@H](O)CC(=O)O1. The fourth-order valence-electron chi connectivity index (χ4n) is 4.98. The van der Waals surface area contributed by atoms with Crippen molar-refractivity contribution in [3.05, 3.63) is 16.3 Å². The molecule has 2 aliphatic rings. The van der Waals surface area contributed by atoms with Gasteiger partial charge in [0.2, 0.25) is 0 Å². The van der Waals surface area contributed by atoms with Crippen molar-refractivity contribution in [2.45, 2.75) is 108 Å². The Morgan fingerprint density at radius 1 is 1.19 bits per heavy atom. The van der Waals surface area contributed by atoms with Crippen LogP contribution in [-0.2, 0) is 19.1 Å². The number of esters is 1. The maximum absolute atomic E-state index is 13.2. The quantitative estimate of drug-likeness (QED) is 0.320. The van der Waals surface area contributed by atoms with E-state index in [0.717, 1.165) is 39.7 Å². The molecule has 202 valence electrons. The third kappa shape index (κ3) is 6.98. The maximum atomic E-state index is 13.2. The van der Waals surface area contributed by atoms with Crippen LogP contribution in [0.25, 0.3) is 6.08 Å². The first-order valence-corrected chi connectivity index (χ1v) is 14.8. The molecule has 3 heterocycles. The molecule has 2 aliphatic heterocycles. The van der Waals surface area contributed by atoms with Crippen molar-refractivity contribution in [3.63, 3.8) is 0 Å². The van der Waals surface area contributed by atoms with Gasteiger partial charge in [-0.1, -0.05) is 34.1 Å². The number of ketones is 1. The van der Waals surface area contributed by atoms with E-state index in [2.05, 4.69) is 4.98 Å². The molecule has 0 aromatic carbocycles. The van der Waals surface area contributed by atoms with Crippen LogP contribution in [0, 0.1) is 24.2 Å². The van der Waals surface area contributed by atoms with Crippen molar-refractivity contribution in [1.82, 2.24) is 4.98 Å². The van der Waals surface area contributed by atoms with E-state index in [9.17, 15) is 19.8 Å². The van der Waals surface area contributed by atoms with E-state index in [1.807, 2.05) is 33.1 Å². The number of nitrogens with zero attached hydrogens (tertiary/aromatic N) is 1. The first-order chi connectivity index (χ1) is 16.8. The second-order valence-corrected chi connectivity index (χ2v) is 13.2. The van der Waals surface area contributed by atoms with E-state index in [4.69, 9.17) is 9.47 Å². The highest BCUT2D eigenvalue weighted by atomic mass is 32.2. The summed E-state index contributed by atoms with van der Waals surface area (Å²) in [6.45, 7) is 10.8. The molecule has 0 aliphatic carbocycles. The van der Waals surface area contributed by atoms with Gasteiger partial charge in [-0.2, -0.15) is 0 Å². The molecule has 0 saturated carbocycles. The second-order valence-electron chi connectivity index (χ2n) is 10.9. The molecule has 2 N–H and O–H groups in total. The number of ether oxygens (including phenoxy) is 2. The van der Waals surface area contributed by atoms with Gasteiger partial charge in [0.05, 0.1) is 51.2 Å². The molecular formula is C27H41NO6S2. The highest BCUT2D eigenvalue weighted by Crippen LogP contribution is 2.37. The van der Waals surface area contributed by atoms with Crippen molar-refractivity contribution in [1.29, 1.82) is 0 Å². The van der Waals surface area contributed by atoms with E-state index in [0.29, 0.717) is 6.42 Å². The van der Waals surface area contributed by atoms with E-state index in [-0.39, 0.29) is 30.3 Å². The number of aryl methyl sites for hydroxylation is 1. The smallest absolute Gasteiger partial charge is 0.309 e. The van der Waals surface area contributed by atoms with E-state index in [1.54, 1.807) is 43.9 Å². The molecule has 0 amide bonds. The number of thiazole rings is 1. The summed E-state index contributed by atoms with van der Waals surface area (Å²) in [7, 11) is 0. The number of aliphatic hydroxyl groups is 2. The van der Waals surface area contributed by atoms with Crippen molar-refractivity contribution >= 4 is 40.9 Å². The topological polar surface area (TPSA) is 109 Å². The van der Waals surface area contributed by atoms with Gasteiger partial charge in [0.25, 0.3) is 0 Å². The van der Waals surface area contributed by atoms with Gasteiger partial charge >= 0.3 is 5.97 Å². The highest BCUT2D eigenvalue weighted by molar-refractivity contribution is 8.00. The fourth-order valence-corrected chi connectivity index (χ4v) is 6.61. The molecule has 1 unspecified atom stereocenters. The third-order valence-corrected chi connectivity index (χ3v) is 9.79. The van der Waals surface area contributed by atoms with E-state index < -0.39 is 35.6 Å². The zero-order valence-electron chi connectivity index (χ0n) is 22.4.